The normalized spacial score (nSPS) is 20.3. The number of hydrogen-bond acceptors (Lipinski definition) is 5. The van der Waals surface area contributed by atoms with E-state index in [-0.39, 0.29) is 6.10 Å². The molecule has 0 radical (unpaired) electrons. The molecule has 2 aliphatic heterocycles. The summed E-state index contributed by atoms with van der Waals surface area (Å²) in [7, 11) is 2.12. The lowest BCUT2D eigenvalue weighted by molar-refractivity contribution is 0.0292. The lowest BCUT2D eigenvalue weighted by atomic mass is 9.91. The number of morpholine rings is 1. The highest BCUT2D eigenvalue weighted by Crippen LogP contribution is 2.41. The lowest BCUT2D eigenvalue weighted by Gasteiger charge is -2.25. The highest BCUT2D eigenvalue weighted by atomic mass is 32.2. The zero-order valence-corrected chi connectivity index (χ0v) is 16.3. The van der Waals surface area contributed by atoms with Gasteiger partial charge in [0.2, 0.25) is 0 Å². The average Bonchev–Trinajstić information content (AvgIpc) is 3.14. The van der Waals surface area contributed by atoms with Gasteiger partial charge < -0.3 is 10.1 Å². The quantitative estimate of drug-likeness (QED) is 0.824. The average molecular weight is 378 g/mol. The van der Waals surface area contributed by atoms with Crippen LogP contribution < -0.4 is 5.32 Å². The van der Waals surface area contributed by atoms with E-state index in [1.54, 1.807) is 11.9 Å². The van der Waals surface area contributed by atoms with E-state index in [1.165, 1.54) is 21.6 Å². The van der Waals surface area contributed by atoms with Crippen LogP contribution in [0.2, 0.25) is 0 Å². The molecule has 0 aliphatic carbocycles. The van der Waals surface area contributed by atoms with Gasteiger partial charge in [-0.2, -0.15) is 5.26 Å². The van der Waals surface area contributed by atoms with Crippen LogP contribution in [-0.4, -0.2) is 43.7 Å². The van der Waals surface area contributed by atoms with E-state index in [0.717, 1.165) is 38.2 Å². The van der Waals surface area contributed by atoms with E-state index >= 15 is 0 Å². The maximum absolute atomic E-state index is 9.09. The standard InChI is InChI=1S/C22H23N3OS/c1-25-11-9-21(27-25)22-18(13-19-15-24-10-12-26-19)3-2-4-20(22)17-7-5-16(14-23)6-8-17/h2-9,19,24H,10-13,15H2,1H3. The fraction of sp³-hybridized carbons (Fsp3) is 0.318. The molecule has 4 nitrogen and oxygen atoms in total. The van der Waals surface area contributed by atoms with Crippen LogP contribution in [0.15, 0.2) is 48.5 Å². The number of likely N-dealkylation sites (N-methyl/N-ethyl adjacent to an activating group) is 1. The molecule has 1 fully saturated rings. The molecule has 0 spiro atoms. The number of rotatable bonds is 4. The van der Waals surface area contributed by atoms with Crippen molar-refractivity contribution in [2.75, 3.05) is 33.3 Å². The first-order valence-electron chi connectivity index (χ1n) is 9.29. The first-order chi connectivity index (χ1) is 13.2. The monoisotopic (exact) mass is 377 g/mol. The number of hydrogen-bond donors (Lipinski definition) is 1. The van der Waals surface area contributed by atoms with Crippen LogP contribution in [0.5, 0.6) is 0 Å². The Kier molecular flexibility index (Phi) is 5.61. The van der Waals surface area contributed by atoms with E-state index in [4.69, 9.17) is 10.00 Å². The molecule has 0 bridgehead atoms. The summed E-state index contributed by atoms with van der Waals surface area (Å²) in [4.78, 5) is 1.30. The highest BCUT2D eigenvalue weighted by molar-refractivity contribution is 8.06. The van der Waals surface area contributed by atoms with Crippen LogP contribution in [0.1, 0.15) is 16.7 Å². The maximum Gasteiger partial charge on any atom is 0.0991 e. The Morgan fingerprint density at radius 2 is 2.11 bits per heavy atom. The molecule has 5 heteroatoms. The summed E-state index contributed by atoms with van der Waals surface area (Å²) in [6.45, 7) is 3.55. The molecular formula is C22H23N3OS. The van der Waals surface area contributed by atoms with Gasteiger partial charge >= 0.3 is 0 Å². The highest BCUT2D eigenvalue weighted by Gasteiger charge is 2.23. The zero-order valence-electron chi connectivity index (χ0n) is 15.4. The van der Waals surface area contributed by atoms with Crippen molar-refractivity contribution in [3.05, 3.63) is 65.2 Å². The van der Waals surface area contributed by atoms with Crippen molar-refractivity contribution >= 4 is 16.9 Å². The van der Waals surface area contributed by atoms with Gasteiger partial charge in [0.15, 0.2) is 0 Å². The Morgan fingerprint density at radius 3 is 2.78 bits per heavy atom. The summed E-state index contributed by atoms with van der Waals surface area (Å²) in [5.41, 5.74) is 5.66. The third kappa shape index (κ3) is 4.10. The third-order valence-corrected chi connectivity index (χ3v) is 5.99. The van der Waals surface area contributed by atoms with Gasteiger partial charge in [0.1, 0.15) is 0 Å². The summed E-state index contributed by atoms with van der Waals surface area (Å²) < 4.78 is 8.20. The van der Waals surface area contributed by atoms with Crippen LogP contribution in [0.4, 0.5) is 0 Å². The molecule has 1 unspecified atom stereocenters. The molecule has 1 atom stereocenters. The molecular weight excluding hydrogens is 354 g/mol. The van der Waals surface area contributed by atoms with Crippen molar-refractivity contribution < 1.29 is 4.74 Å². The molecule has 2 aromatic carbocycles. The third-order valence-electron chi connectivity index (χ3n) is 4.96. The fourth-order valence-electron chi connectivity index (χ4n) is 3.62. The minimum atomic E-state index is 0.207. The summed E-state index contributed by atoms with van der Waals surface area (Å²) in [6.07, 6.45) is 3.41. The zero-order chi connectivity index (χ0) is 18.6. The maximum atomic E-state index is 9.09. The van der Waals surface area contributed by atoms with Gasteiger partial charge in [0.25, 0.3) is 0 Å². The Bertz CT molecular complexity index is 879. The Morgan fingerprint density at radius 1 is 1.26 bits per heavy atom. The molecule has 1 saturated heterocycles. The topological polar surface area (TPSA) is 48.3 Å². The van der Waals surface area contributed by atoms with E-state index in [1.807, 2.05) is 24.3 Å². The van der Waals surface area contributed by atoms with E-state index in [2.05, 4.69) is 47.0 Å². The van der Waals surface area contributed by atoms with Gasteiger partial charge in [0.05, 0.1) is 24.3 Å². The predicted molar refractivity (Wildman–Crippen MR) is 111 cm³/mol. The molecule has 2 aliphatic rings. The molecule has 27 heavy (non-hydrogen) atoms. The number of nitrogens with one attached hydrogen (secondary N) is 1. The Hall–Kier alpha value is -2.10. The fourth-order valence-corrected chi connectivity index (χ4v) is 4.59. The van der Waals surface area contributed by atoms with Gasteiger partial charge in [-0.25, -0.2) is 4.31 Å². The second-order valence-electron chi connectivity index (χ2n) is 6.90. The van der Waals surface area contributed by atoms with Gasteiger partial charge in [-0.15, -0.1) is 0 Å². The SMILES string of the molecule is CN1CC=C(c2c(CC3CNCCO3)cccc2-c2ccc(C#N)cc2)S1. The van der Waals surface area contributed by atoms with Gasteiger partial charge in [-0.05, 0) is 47.8 Å². The number of ether oxygens (including phenoxy) is 1. The largest absolute Gasteiger partial charge is 0.375 e. The number of benzene rings is 2. The van der Waals surface area contributed by atoms with Crippen molar-refractivity contribution in [2.45, 2.75) is 12.5 Å². The van der Waals surface area contributed by atoms with E-state index < -0.39 is 0 Å². The predicted octanol–water partition coefficient (Wildman–Crippen LogP) is 3.69. The number of nitrogens with zero attached hydrogens (tertiary/aromatic N) is 2. The van der Waals surface area contributed by atoms with Crippen LogP contribution in [0.25, 0.3) is 16.0 Å². The Balaban J connectivity index is 1.75. The van der Waals surface area contributed by atoms with Gasteiger partial charge in [-0.3, -0.25) is 0 Å². The molecule has 2 aromatic rings. The van der Waals surface area contributed by atoms with E-state index in [0.29, 0.717) is 5.56 Å². The molecule has 1 N–H and O–H groups in total. The summed E-state index contributed by atoms with van der Waals surface area (Å²) >= 11 is 1.80. The van der Waals surface area contributed by atoms with Crippen molar-refractivity contribution in [3.63, 3.8) is 0 Å². The second kappa shape index (κ2) is 8.28. The van der Waals surface area contributed by atoms with Crippen molar-refractivity contribution in [3.8, 4) is 17.2 Å². The molecule has 2 heterocycles. The minimum Gasteiger partial charge on any atom is -0.375 e. The van der Waals surface area contributed by atoms with Crippen LogP contribution in [0, 0.1) is 11.3 Å². The van der Waals surface area contributed by atoms with E-state index in [9.17, 15) is 0 Å². The van der Waals surface area contributed by atoms with Crippen LogP contribution >= 0.6 is 11.9 Å². The Labute approximate surface area is 165 Å². The van der Waals surface area contributed by atoms with Gasteiger partial charge in [0, 0.05) is 36.5 Å². The molecule has 0 amide bonds. The molecule has 0 aromatic heterocycles. The van der Waals surface area contributed by atoms with Crippen molar-refractivity contribution in [1.29, 1.82) is 5.26 Å². The summed E-state index contributed by atoms with van der Waals surface area (Å²) in [5.74, 6) is 0. The first-order valence-corrected chi connectivity index (χ1v) is 10.1. The van der Waals surface area contributed by atoms with Crippen molar-refractivity contribution in [1.82, 2.24) is 9.62 Å². The van der Waals surface area contributed by atoms with Crippen LogP contribution in [-0.2, 0) is 11.2 Å². The first kappa shape index (κ1) is 18.3. The van der Waals surface area contributed by atoms with Crippen molar-refractivity contribution in [2.24, 2.45) is 0 Å². The summed E-state index contributed by atoms with van der Waals surface area (Å²) in [6, 6.07) is 16.6. The second-order valence-corrected chi connectivity index (χ2v) is 8.15. The number of nitriles is 1. The van der Waals surface area contributed by atoms with Gasteiger partial charge in [-0.1, -0.05) is 36.4 Å². The smallest absolute Gasteiger partial charge is 0.0991 e. The minimum absolute atomic E-state index is 0.207. The summed E-state index contributed by atoms with van der Waals surface area (Å²) in [5, 5.41) is 12.5. The molecule has 4 rings (SSSR count). The lowest BCUT2D eigenvalue weighted by Crippen LogP contribution is -2.39. The molecule has 0 saturated carbocycles. The molecule has 138 valence electrons. The van der Waals surface area contributed by atoms with Crippen LogP contribution in [0.3, 0.4) is 0 Å².